The number of aliphatic hydroxyl groups is 1. The molecule has 0 aromatic rings. The lowest BCUT2D eigenvalue weighted by molar-refractivity contribution is 0.0403. The van der Waals surface area contributed by atoms with Crippen LogP contribution in [0.5, 0.6) is 0 Å². The average molecular weight is 162 g/mol. The second kappa shape index (κ2) is 6.58. The third-order valence-corrected chi connectivity index (χ3v) is 1.67. The van der Waals surface area contributed by atoms with Crippen LogP contribution >= 0.6 is 0 Å². The quantitative estimate of drug-likeness (QED) is 0.628. The van der Waals surface area contributed by atoms with Crippen molar-refractivity contribution in [1.29, 1.82) is 0 Å². The molecule has 0 aliphatic rings. The van der Waals surface area contributed by atoms with Gasteiger partial charge in [-0.15, -0.1) is 0 Å². The smallest absolute Gasteiger partial charge is 0.0774 e. The molecule has 68 valence electrons. The molecule has 0 saturated heterocycles. The lowest BCUT2D eigenvalue weighted by Crippen LogP contribution is -2.17. The van der Waals surface area contributed by atoms with E-state index < -0.39 is 0 Å². The second-order valence-electron chi connectivity index (χ2n) is 2.73. The Morgan fingerprint density at radius 3 is 2.36 bits per heavy atom. The SMILES string of the molecule is COCC(O)CCC(C)OC. The minimum absolute atomic E-state index is 0.224. The van der Waals surface area contributed by atoms with Gasteiger partial charge in [0.15, 0.2) is 0 Å². The highest BCUT2D eigenvalue weighted by atomic mass is 16.5. The van der Waals surface area contributed by atoms with E-state index in [1.54, 1.807) is 14.2 Å². The fourth-order valence-electron chi connectivity index (χ4n) is 0.821. The average Bonchev–Trinajstić information content (AvgIpc) is 2.01. The van der Waals surface area contributed by atoms with Gasteiger partial charge in [-0.2, -0.15) is 0 Å². The fourth-order valence-corrected chi connectivity index (χ4v) is 0.821. The van der Waals surface area contributed by atoms with Crippen LogP contribution in [-0.4, -0.2) is 38.1 Å². The summed E-state index contributed by atoms with van der Waals surface area (Å²) in [6, 6.07) is 0. The summed E-state index contributed by atoms with van der Waals surface area (Å²) in [7, 11) is 3.26. The topological polar surface area (TPSA) is 38.7 Å². The van der Waals surface area contributed by atoms with Crippen LogP contribution in [0.15, 0.2) is 0 Å². The van der Waals surface area contributed by atoms with Gasteiger partial charge < -0.3 is 14.6 Å². The van der Waals surface area contributed by atoms with Crippen molar-refractivity contribution in [1.82, 2.24) is 0 Å². The van der Waals surface area contributed by atoms with Crippen molar-refractivity contribution in [2.24, 2.45) is 0 Å². The second-order valence-corrected chi connectivity index (χ2v) is 2.73. The largest absolute Gasteiger partial charge is 0.391 e. The molecule has 11 heavy (non-hydrogen) atoms. The number of methoxy groups -OCH3 is 2. The van der Waals surface area contributed by atoms with Gasteiger partial charge in [0.25, 0.3) is 0 Å². The van der Waals surface area contributed by atoms with E-state index in [0.29, 0.717) is 6.61 Å². The predicted octanol–water partition coefficient (Wildman–Crippen LogP) is 0.809. The van der Waals surface area contributed by atoms with Crippen molar-refractivity contribution < 1.29 is 14.6 Å². The van der Waals surface area contributed by atoms with Gasteiger partial charge in [0.1, 0.15) is 0 Å². The number of rotatable bonds is 6. The Hall–Kier alpha value is -0.120. The molecule has 0 saturated carbocycles. The van der Waals surface area contributed by atoms with E-state index in [0.717, 1.165) is 12.8 Å². The summed E-state index contributed by atoms with van der Waals surface area (Å²) in [4.78, 5) is 0. The van der Waals surface area contributed by atoms with Crippen molar-refractivity contribution in [2.75, 3.05) is 20.8 Å². The molecule has 3 heteroatoms. The van der Waals surface area contributed by atoms with Crippen LogP contribution in [0.2, 0.25) is 0 Å². The zero-order chi connectivity index (χ0) is 8.69. The van der Waals surface area contributed by atoms with Gasteiger partial charge >= 0.3 is 0 Å². The van der Waals surface area contributed by atoms with E-state index in [9.17, 15) is 5.11 Å². The molecule has 0 heterocycles. The highest BCUT2D eigenvalue weighted by molar-refractivity contribution is 4.57. The van der Waals surface area contributed by atoms with E-state index in [4.69, 9.17) is 9.47 Å². The molecule has 3 nitrogen and oxygen atoms in total. The predicted molar refractivity (Wildman–Crippen MR) is 43.6 cm³/mol. The Morgan fingerprint density at radius 2 is 1.91 bits per heavy atom. The zero-order valence-corrected chi connectivity index (χ0v) is 7.54. The lowest BCUT2D eigenvalue weighted by atomic mass is 10.1. The number of hydrogen-bond donors (Lipinski definition) is 1. The first kappa shape index (κ1) is 10.9. The Balaban J connectivity index is 3.22. The molecule has 0 aromatic carbocycles. The summed E-state index contributed by atoms with van der Waals surface area (Å²) in [5.74, 6) is 0. The summed E-state index contributed by atoms with van der Waals surface area (Å²) in [5.41, 5.74) is 0. The third kappa shape index (κ3) is 6.28. The third-order valence-electron chi connectivity index (χ3n) is 1.67. The Labute approximate surface area is 68.3 Å². The first-order valence-corrected chi connectivity index (χ1v) is 3.90. The molecule has 0 rings (SSSR count). The van der Waals surface area contributed by atoms with Gasteiger partial charge in [-0.3, -0.25) is 0 Å². The van der Waals surface area contributed by atoms with Crippen molar-refractivity contribution in [2.45, 2.75) is 32.0 Å². The molecule has 1 N–H and O–H groups in total. The van der Waals surface area contributed by atoms with Gasteiger partial charge in [-0.1, -0.05) is 0 Å². The van der Waals surface area contributed by atoms with Gasteiger partial charge in [-0.05, 0) is 19.8 Å². The van der Waals surface area contributed by atoms with E-state index in [1.807, 2.05) is 6.92 Å². The molecular formula is C8H18O3. The standard InChI is InChI=1S/C8H18O3/c1-7(11-3)4-5-8(9)6-10-2/h7-9H,4-6H2,1-3H3. The van der Waals surface area contributed by atoms with E-state index in [2.05, 4.69) is 0 Å². The molecule has 0 radical (unpaired) electrons. The van der Waals surface area contributed by atoms with Crippen LogP contribution < -0.4 is 0 Å². The molecule has 2 atom stereocenters. The lowest BCUT2D eigenvalue weighted by Gasteiger charge is -2.12. The normalized spacial score (nSPS) is 16.4. The molecule has 0 spiro atoms. The van der Waals surface area contributed by atoms with Crippen LogP contribution in [0.3, 0.4) is 0 Å². The van der Waals surface area contributed by atoms with Crippen LogP contribution in [-0.2, 0) is 9.47 Å². The highest BCUT2D eigenvalue weighted by Gasteiger charge is 2.06. The van der Waals surface area contributed by atoms with Gasteiger partial charge in [0.05, 0.1) is 18.8 Å². The van der Waals surface area contributed by atoms with Gasteiger partial charge in [0.2, 0.25) is 0 Å². The van der Waals surface area contributed by atoms with Gasteiger partial charge in [0, 0.05) is 14.2 Å². The first-order valence-electron chi connectivity index (χ1n) is 3.90. The van der Waals surface area contributed by atoms with E-state index >= 15 is 0 Å². The maximum Gasteiger partial charge on any atom is 0.0774 e. The Bertz CT molecular complexity index is 85.4. The van der Waals surface area contributed by atoms with Crippen molar-refractivity contribution in [3.8, 4) is 0 Å². The number of ether oxygens (including phenoxy) is 2. The summed E-state index contributed by atoms with van der Waals surface area (Å²) < 4.78 is 9.81. The Morgan fingerprint density at radius 1 is 1.27 bits per heavy atom. The Kier molecular flexibility index (Phi) is 6.51. The fraction of sp³-hybridized carbons (Fsp3) is 1.00. The van der Waals surface area contributed by atoms with Crippen molar-refractivity contribution in [3.05, 3.63) is 0 Å². The van der Waals surface area contributed by atoms with Crippen molar-refractivity contribution in [3.63, 3.8) is 0 Å². The summed E-state index contributed by atoms with van der Waals surface area (Å²) in [6.07, 6.45) is 1.49. The molecule has 2 unspecified atom stereocenters. The van der Waals surface area contributed by atoms with Crippen LogP contribution in [0, 0.1) is 0 Å². The molecule has 0 aromatic heterocycles. The van der Waals surface area contributed by atoms with Crippen LogP contribution in [0.4, 0.5) is 0 Å². The van der Waals surface area contributed by atoms with E-state index in [1.165, 1.54) is 0 Å². The minimum atomic E-state index is -0.349. The van der Waals surface area contributed by atoms with Crippen LogP contribution in [0.1, 0.15) is 19.8 Å². The maximum absolute atomic E-state index is 9.21. The highest BCUT2D eigenvalue weighted by Crippen LogP contribution is 2.03. The summed E-state index contributed by atoms with van der Waals surface area (Å²) in [5, 5.41) is 9.21. The maximum atomic E-state index is 9.21. The zero-order valence-electron chi connectivity index (χ0n) is 7.54. The summed E-state index contributed by atoms with van der Waals surface area (Å²) in [6.45, 7) is 2.40. The minimum Gasteiger partial charge on any atom is -0.391 e. The molecule has 0 aliphatic carbocycles. The monoisotopic (exact) mass is 162 g/mol. The molecule has 0 amide bonds. The number of aliphatic hydroxyl groups excluding tert-OH is 1. The molecule has 0 fully saturated rings. The van der Waals surface area contributed by atoms with E-state index in [-0.39, 0.29) is 12.2 Å². The molecular weight excluding hydrogens is 144 g/mol. The van der Waals surface area contributed by atoms with Crippen LogP contribution in [0.25, 0.3) is 0 Å². The van der Waals surface area contributed by atoms with Gasteiger partial charge in [-0.25, -0.2) is 0 Å². The molecule has 0 bridgehead atoms. The molecule has 0 aliphatic heterocycles. The first-order chi connectivity index (χ1) is 5.20. The number of hydrogen-bond acceptors (Lipinski definition) is 3. The van der Waals surface area contributed by atoms with Crippen molar-refractivity contribution >= 4 is 0 Å². The summed E-state index contributed by atoms with van der Waals surface area (Å²) >= 11 is 0.